The number of ether oxygens (including phenoxy) is 1. The number of hydrogen-bond acceptors (Lipinski definition) is 4. The average Bonchev–Trinajstić information content (AvgIpc) is 2.09. The lowest BCUT2D eigenvalue weighted by molar-refractivity contribution is 0.396. The zero-order valence-electron chi connectivity index (χ0n) is 7.11. The van der Waals surface area contributed by atoms with E-state index in [0.29, 0.717) is 17.4 Å². The van der Waals surface area contributed by atoms with Gasteiger partial charge in [-0.05, 0) is 13.0 Å². The van der Waals surface area contributed by atoms with Gasteiger partial charge >= 0.3 is 0 Å². The zero-order valence-corrected chi connectivity index (χ0v) is 7.11. The first-order chi connectivity index (χ1) is 5.77. The first-order valence-corrected chi connectivity index (χ1v) is 3.57. The lowest BCUT2D eigenvalue weighted by Crippen LogP contribution is -1.98. The summed E-state index contributed by atoms with van der Waals surface area (Å²) in [5, 5.41) is 0. The molecule has 0 aromatic carbocycles. The minimum absolute atomic E-state index is 0.382. The minimum atomic E-state index is 0.382. The van der Waals surface area contributed by atoms with Crippen LogP contribution in [0.25, 0.3) is 6.08 Å². The molecular formula is C8H11N3O. The van der Waals surface area contributed by atoms with E-state index in [4.69, 9.17) is 10.5 Å². The van der Waals surface area contributed by atoms with Crippen LogP contribution in [0.3, 0.4) is 0 Å². The number of allylic oxidation sites excluding steroid dienone is 1. The van der Waals surface area contributed by atoms with Gasteiger partial charge in [0.1, 0.15) is 5.69 Å². The van der Waals surface area contributed by atoms with Crippen molar-refractivity contribution in [3.05, 3.63) is 18.0 Å². The molecule has 0 aliphatic heterocycles. The normalized spacial score (nSPS) is 10.5. The summed E-state index contributed by atoms with van der Waals surface area (Å²) >= 11 is 0. The Bertz CT molecular complexity index is 296. The highest BCUT2D eigenvalue weighted by molar-refractivity contribution is 5.56. The fraction of sp³-hybridized carbons (Fsp3) is 0.250. The fourth-order valence-corrected chi connectivity index (χ4v) is 0.780. The lowest BCUT2D eigenvalue weighted by Gasteiger charge is -2.00. The number of nitrogens with zero attached hydrogens (tertiary/aromatic N) is 2. The van der Waals surface area contributed by atoms with Gasteiger partial charge in [-0.3, -0.25) is 0 Å². The van der Waals surface area contributed by atoms with Gasteiger partial charge in [0.05, 0.1) is 13.3 Å². The smallest absolute Gasteiger partial charge is 0.234 e. The third kappa shape index (κ3) is 1.72. The third-order valence-electron chi connectivity index (χ3n) is 1.34. The summed E-state index contributed by atoms with van der Waals surface area (Å²) in [6.07, 6.45) is 5.18. The molecule has 0 bridgehead atoms. The molecule has 0 saturated carbocycles. The predicted octanol–water partition coefficient (Wildman–Crippen LogP) is 1.10. The largest absolute Gasteiger partial charge is 0.480 e. The highest BCUT2D eigenvalue weighted by Gasteiger charge is 1.99. The molecule has 0 atom stereocenters. The molecule has 64 valence electrons. The van der Waals surface area contributed by atoms with E-state index < -0.39 is 0 Å². The van der Waals surface area contributed by atoms with Crippen LogP contribution >= 0.6 is 0 Å². The Hall–Kier alpha value is -1.58. The van der Waals surface area contributed by atoms with Crippen LogP contribution in [0, 0.1) is 0 Å². The van der Waals surface area contributed by atoms with Crippen LogP contribution in [0.2, 0.25) is 0 Å². The third-order valence-corrected chi connectivity index (χ3v) is 1.34. The van der Waals surface area contributed by atoms with Gasteiger partial charge in [-0.1, -0.05) is 6.08 Å². The molecule has 0 saturated heterocycles. The molecule has 0 amide bonds. The van der Waals surface area contributed by atoms with E-state index in [0.717, 1.165) is 0 Å². The molecule has 1 aromatic heterocycles. The quantitative estimate of drug-likeness (QED) is 0.712. The Kier molecular flexibility index (Phi) is 2.63. The number of nitrogens with two attached hydrogens (primary N) is 1. The van der Waals surface area contributed by atoms with E-state index in [9.17, 15) is 0 Å². The van der Waals surface area contributed by atoms with Gasteiger partial charge in [-0.2, -0.15) is 4.98 Å². The molecule has 0 radical (unpaired) electrons. The fourth-order valence-electron chi connectivity index (χ4n) is 0.780. The van der Waals surface area contributed by atoms with Crippen LogP contribution in [0.5, 0.6) is 5.88 Å². The minimum Gasteiger partial charge on any atom is -0.480 e. The molecular weight excluding hydrogens is 154 g/mol. The van der Waals surface area contributed by atoms with Crippen molar-refractivity contribution in [1.29, 1.82) is 0 Å². The van der Waals surface area contributed by atoms with Gasteiger partial charge in [0, 0.05) is 0 Å². The second kappa shape index (κ2) is 3.71. The molecule has 0 unspecified atom stereocenters. The van der Waals surface area contributed by atoms with Gasteiger partial charge in [0.25, 0.3) is 0 Å². The standard InChI is InChI=1S/C8H11N3O/c1-3-4-6-8(9)11-7(12-2)5-10-6/h3-5H,1-2H3,(H2,9,11)/b4-3+. The zero-order chi connectivity index (χ0) is 8.97. The van der Waals surface area contributed by atoms with Crippen molar-refractivity contribution in [2.24, 2.45) is 0 Å². The molecule has 1 rings (SSSR count). The Morgan fingerprint density at radius 2 is 2.33 bits per heavy atom. The lowest BCUT2D eigenvalue weighted by atomic mass is 10.4. The van der Waals surface area contributed by atoms with Crippen molar-refractivity contribution in [2.75, 3.05) is 12.8 Å². The first kappa shape index (κ1) is 8.52. The van der Waals surface area contributed by atoms with Gasteiger partial charge in [-0.15, -0.1) is 0 Å². The summed E-state index contributed by atoms with van der Waals surface area (Å²) in [6.45, 7) is 1.89. The summed E-state index contributed by atoms with van der Waals surface area (Å²) in [6, 6.07) is 0. The SMILES string of the molecule is C/C=C/c1ncc(OC)nc1N. The summed E-state index contributed by atoms with van der Waals surface area (Å²) in [7, 11) is 1.53. The topological polar surface area (TPSA) is 61.0 Å². The second-order valence-corrected chi connectivity index (χ2v) is 2.18. The number of nitrogen functional groups attached to an aromatic ring is 1. The highest BCUT2D eigenvalue weighted by Crippen LogP contribution is 2.11. The van der Waals surface area contributed by atoms with Crippen molar-refractivity contribution in [1.82, 2.24) is 9.97 Å². The Morgan fingerprint density at radius 1 is 1.58 bits per heavy atom. The van der Waals surface area contributed by atoms with E-state index in [1.54, 1.807) is 6.08 Å². The Labute approximate surface area is 71.1 Å². The van der Waals surface area contributed by atoms with Crippen LogP contribution in [-0.2, 0) is 0 Å². The monoisotopic (exact) mass is 165 g/mol. The number of rotatable bonds is 2. The van der Waals surface area contributed by atoms with Crippen molar-refractivity contribution in [3.8, 4) is 5.88 Å². The molecule has 0 aliphatic rings. The second-order valence-electron chi connectivity index (χ2n) is 2.18. The number of hydrogen-bond donors (Lipinski definition) is 1. The van der Waals surface area contributed by atoms with Crippen molar-refractivity contribution < 1.29 is 4.74 Å². The molecule has 1 heterocycles. The maximum Gasteiger partial charge on any atom is 0.234 e. The molecule has 0 aliphatic carbocycles. The maximum atomic E-state index is 5.58. The summed E-state index contributed by atoms with van der Waals surface area (Å²) < 4.78 is 4.85. The Morgan fingerprint density at radius 3 is 2.83 bits per heavy atom. The molecule has 0 spiro atoms. The molecule has 1 aromatic rings. The summed E-state index contributed by atoms with van der Waals surface area (Å²) in [5.74, 6) is 0.813. The number of anilines is 1. The molecule has 2 N–H and O–H groups in total. The van der Waals surface area contributed by atoms with E-state index in [1.807, 2.05) is 13.0 Å². The van der Waals surface area contributed by atoms with Crippen LogP contribution < -0.4 is 10.5 Å². The first-order valence-electron chi connectivity index (χ1n) is 3.57. The van der Waals surface area contributed by atoms with Crippen LogP contribution in [0.4, 0.5) is 5.82 Å². The van der Waals surface area contributed by atoms with Crippen LogP contribution in [0.1, 0.15) is 12.6 Å². The van der Waals surface area contributed by atoms with E-state index in [-0.39, 0.29) is 0 Å². The van der Waals surface area contributed by atoms with Crippen molar-refractivity contribution >= 4 is 11.9 Å². The maximum absolute atomic E-state index is 5.58. The highest BCUT2D eigenvalue weighted by atomic mass is 16.5. The van der Waals surface area contributed by atoms with Gasteiger partial charge < -0.3 is 10.5 Å². The van der Waals surface area contributed by atoms with E-state index >= 15 is 0 Å². The Balaban J connectivity index is 3.03. The van der Waals surface area contributed by atoms with Crippen LogP contribution in [0.15, 0.2) is 12.3 Å². The molecule has 12 heavy (non-hydrogen) atoms. The van der Waals surface area contributed by atoms with E-state index in [2.05, 4.69) is 9.97 Å². The molecule has 4 heteroatoms. The van der Waals surface area contributed by atoms with Crippen molar-refractivity contribution in [3.63, 3.8) is 0 Å². The van der Waals surface area contributed by atoms with Crippen molar-refractivity contribution in [2.45, 2.75) is 6.92 Å². The predicted molar refractivity (Wildman–Crippen MR) is 47.7 cm³/mol. The average molecular weight is 165 g/mol. The molecule has 0 fully saturated rings. The van der Waals surface area contributed by atoms with Gasteiger partial charge in [-0.25, -0.2) is 4.98 Å². The van der Waals surface area contributed by atoms with E-state index in [1.165, 1.54) is 13.3 Å². The van der Waals surface area contributed by atoms with Gasteiger partial charge in [0.15, 0.2) is 5.82 Å². The van der Waals surface area contributed by atoms with Crippen LogP contribution in [-0.4, -0.2) is 17.1 Å². The number of aromatic nitrogens is 2. The summed E-state index contributed by atoms with van der Waals surface area (Å²) in [4.78, 5) is 7.99. The summed E-state index contributed by atoms with van der Waals surface area (Å²) in [5.41, 5.74) is 6.24. The molecule has 4 nitrogen and oxygen atoms in total. The van der Waals surface area contributed by atoms with Gasteiger partial charge in [0.2, 0.25) is 5.88 Å². The number of methoxy groups -OCH3 is 1.